The molecule has 8 nitrogen and oxygen atoms in total. The summed E-state index contributed by atoms with van der Waals surface area (Å²) in [6, 6.07) is 0.619. The second kappa shape index (κ2) is 7.41. The van der Waals surface area contributed by atoms with Gasteiger partial charge in [0.1, 0.15) is 26.1 Å². The number of ether oxygens (including phenoxy) is 2. The minimum atomic E-state index is -0.947. The van der Waals surface area contributed by atoms with Crippen LogP contribution < -0.4 is 11.2 Å². The van der Waals surface area contributed by atoms with E-state index in [1.165, 1.54) is 10.8 Å². The first-order chi connectivity index (χ1) is 13.1. The molecule has 0 spiro atoms. The lowest BCUT2D eigenvalue weighted by Crippen LogP contribution is -2.40. The first-order valence-corrected chi connectivity index (χ1v) is 10.9. The van der Waals surface area contributed by atoms with Crippen molar-refractivity contribution in [2.24, 2.45) is 0 Å². The summed E-state index contributed by atoms with van der Waals surface area (Å²) in [5.74, 6) is 0. The van der Waals surface area contributed by atoms with Gasteiger partial charge in [-0.2, -0.15) is 0 Å². The highest BCUT2D eigenvalue weighted by Gasteiger charge is 2.61. The van der Waals surface area contributed by atoms with Crippen molar-refractivity contribution in [1.29, 1.82) is 0 Å². The Kier molecular flexibility index (Phi) is 5.29. The number of H-pyrrole nitrogens is 1. The fourth-order valence-electron chi connectivity index (χ4n) is 3.96. The summed E-state index contributed by atoms with van der Waals surface area (Å²) in [5, 5.41) is 0. The number of aryl methyl sites for hydroxylation is 1. The molecule has 5 atom stereocenters. The molecule has 27 heavy (non-hydrogen) atoms. The van der Waals surface area contributed by atoms with Crippen LogP contribution in [0.25, 0.3) is 0 Å². The van der Waals surface area contributed by atoms with E-state index in [4.69, 9.17) is 15.4 Å². The van der Waals surface area contributed by atoms with Crippen LogP contribution >= 0.6 is 8.30 Å². The Hall–Kier alpha value is -1.05. The topological polar surface area (TPSA) is 85.8 Å². The Labute approximate surface area is 162 Å². The van der Waals surface area contributed by atoms with Crippen LogP contribution in [0.4, 0.5) is 0 Å². The van der Waals surface area contributed by atoms with Crippen molar-refractivity contribution < 1.29 is 15.4 Å². The monoisotopic (exact) mass is 400 g/mol. The Balaban J connectivity index is 1.90. The summed E-state index contributed by atoms with van der Waals surface area (Å²) >= 11 is 0. The van der Waals surface area contributed by atoms with Crippen LogP contribution in [0.2, 0.25) is 0 Å². The summed E-state index contributed by atoms with van der Waals surface area (Å²) < 4.78 is 30.3. The van der Waals surface area contributed by atoms with Gasteiger partial charge in [0.25, 0.3) is 5.56 Å². The highest BCUT2D eigenvalue weighted by molar-refractivity contribution is 7.49. The van der Waals surface area contributed by atoms with Crippen LogP contribution in [-0.2, 0) is 14.0 Å². The Morgan fingerprint density at radius 3 is 2.67 bits per heavy atom. The second-order valence-electron chi connectivity index (χ2n) is 7.89. The first kappa shape index (κ1) is 19.3. The maximum absolute atomic E-state index is 12.3. The van der Waals surface area contributed by atoms with Crippen molar-refractivity contribution >= 4 is 8.30 Å². The summed E-state index contributed by atoms with van der Waals surface area (Å²) in [4.78, 5) is 26.3. The lowest BCUT2D eigenvalue weighted by Gasteiger charge is -2.37. The zero-order valence-corrected chi connectivity index (χ0v) is 17.7. The van der Waals surface area contributed by atoms with Crippen LogP contribution in [0.3, 0.4) is 0 Å². The number of aromatic nitrogens is 2. The molecule has 0 aromatic carbocycles. The van der Waals surface area contributed by atoms with Crippen LogP contribution in [0.5, 0.6) is 0 Å². The highest BCUT2D eigenvalue weighted by atomic mass is 31.2. The molecule has 2 aliphatic heterocycles. The van der Waals surface area contributed by atoms with Gasteiger partial charge in [0.05, 0.1) is 6.61 Å². The van der Waals surface area contributed by atoms with Gasteiger partial charge in [-0.1, -0.05) is 0 Å². The van der Waals surface area contributed by atoms with Crippen molar-refractivity contribution in [1.82, 2.24) is 14.2 Å². The number of rotatable bonds is 6. The number of aromatic amines is 1. The van der Waals surface area contributed by atoms with Gasteiger partial charge in [-0.3, -0.25) is 19.0 Å². The molecular weight excluding hydrogens is 369 g/mol. The molecule has 9 heteroatoms. The minimum absolute atomic E-state index is 0.0334. The lowest BCUT2D eigenvalue weighted by molar-refractivity contribution is -0.167. The maximum Gasteiger partial charge on any atom is 0.330 e. The van der Waals surface area contributed by atoms with Crippen molar-refractivity contribution in [3.8, 4) is 0 Å². The molecule has 0 saturated carbocycles. The predicted molar refractivity (Wildman–Crippen MR) is 104 cm³/mol. The molecular formula is C18H30N3O5P. The summed E-state index contributed by atoms with van der Waals surface area (Å²) in [6.07, 6.45) is -0.222. The number of nitrogens with zero attached hydrogens (tertiary/aromatic N) is 2. The smallest absolute Gasteiger partial charge is 0.330 e. The van der Waals surface area contributed by atoms with Gasteiger partial charge in [-0.05, 0) is 48.2 Å². The number of hydrogen-bond acceptors (Lipinski definition) is 6. The van der Waals surface area contributed by atoms with Crippen molar-refractivity contribution in [2.45, 2.75) is 77.6 Å². The van der Waals surface area contributed by atoms with Gasteiger partial charge in [0.2, 0.25) is 0 Å². The lowest BCUT2D eigenvalue weighted by atomic mass is 10.0. The molecule has 3 rings (SSSR count). The normalized spacial score (nSPS) is 31.9. The van der Waals surface area contributed by atoms with E-state index in [9.17, 15) is 9.59 Å². The molecule has 1 N–H and O–H groups in total. The summed E-state index contributed by atoms with van der Waals surface area (Å²) in [6.45, 7) is 12.4. The Morgan fingerprint density at radius 2 is 2.07 bits per heavy atom. The van der Waals surface area contributed by atoms with E-state index < -0.39 is 43.6 Å². The molecule has 3 heterocycles. The quantitative estimate of drug-likeness (QED) is 0.735. The van der Waals surface area contributed by atoms with Crippen molar-refractivity contribution in [2.75, 3.05) is 13.3 Å². The largest absolute Gasteiger partial charge is 0.368 e. The third-order valence-corrected chi connectivity index (χ3v) is 7.15. The zero-order valence-electron chi connectivity index (χ0n) is 17.8. The van der Waals surface area contributed by atoms with Crippen LogP contribution in [0.1, 0.15) is 47.8 Å². The Morgan fingerprint density at radius 1 is 1.41 bits per heavy atom. The maximum atomic E-state index is 12.3. The van der Waals surface area contributed by atoms with E-state index in [1.807, 2.05) is 0 Å². The number of hydrogen-bond donors (Lipinski definition) is 1. The van der Waals surface area contributed by atoms with E-state index in [0.717, 1.165) is 0 Å². The predicted octanol–water partition coefficient (Wildman–Crippen LogP) is 1.98. The van der Waals surface area contributed by atoms with E-state index in [1.54, 1.807) is 6.92 Å². The molecule has 2 bridgehead atoms. The second-order valence-corrected chi connectivity index (χ2v) is 9.49. The van der Waals surface area contributed by atoms with Gasteiger partial charge in [-0.15, -0.1) is 0 Å². The average Bonchev–Trinajstić information content (AvgIpc) is 3.09. The van der Waals surface area contributed by atoms with Crippen LogP contribution in [-0.4, -0.2) is 57.4 Å². The summed E-state index contributed by atoms with van der Waals surface area (Å²) in [7, 11) is -0.947. The third kappa shape index (κ3) is 3.66. The van der Waals surface area contributed by atoms with Crippen molar-refractivity contribution in [3.63, 3.8) is 0 Å². The molecule has 1 aromatic rings. The molecule has 0 amide bonds. The molecule has 2 unspecified atom stereocenters. The fraction of sp³-hybridized carbons (Fsp3) is 0.778. The van der Waals surface area contributed by atoms with Gasteiger partial charge in [0, 0.05) is 25.2 Å². The molecule has 152 valence electrons. The van der Waals surface area contributed by atoms with Gasteiger partial charge in [0.15, 0.2) is 6.23 Å². The van der Waals surface area contributed by atoms with Gasteiger partial charge >= 0.3 is 5.69 Å². The molecule has 0 aliphatic carbocycles. The van der Waals surface area contributed by atoms with E-state index in [0.29, 0.717) is 17.6 Å². The zero-order chi connectivity index (χ0) is 20.8. The van der Waals surface area contributed by atoms with Crippen LogP contribution in [0.15, 0.2) is 15.8 Å². The molecule has 1 aromatic heterocycles. The minimum Gasteiger partial charge on any atom is -0.368 e. The van der Waals surface area contributed by atoms with Gasteiger partial charge < -0.3 is 14.0 Å². The average molecular weight is 400 g/mol. The number of nitrogens with one attached hydrogen (secondary N) is 1. The SMILES string of the molecule is [2H]C[C@]12CO[C@@H](C1OP(C)N(C(C)C)C(C)C)[C@H](n1cc(C)c(=O)[nH]c1=O)O2. The third-order valence-electron chi connectivity index (χ3n) is 5.04. The molecule has 2 aliphatic rings. The summed E-state index contributed by atoms with van der Waals surface area (Å²) in [5.41, 5.74) is -1.49. The standard InChI is InChI=1S/C18H30N3O5P/c1-10(2)21(11(3)4)27(7)26-14-13-16(25-18(14,6)9-24-13)20-8-12(5)15(22)19-17(20)23/h8,10-11,13-14,16H,9H2,1-7H3,(H,19,22,23)/t13-,14?,16+,18-,27?/m0/s1/i6D. The number of fused-ring (bicyclic) bond motifs is 2. The highest BCUT2D eigenvalue weighted by Crippen LogP contribution is 2.52. The molecule has 2 fully saturated rings. The van der Waals surface area contributed by atoms with Crippen molar-refractivity contribution in [3.05, 3.63) is 32.6 Å². The molecule has 0 radical (unpaired) electrons. The van der Waals surface area contributed by atoms with Crippen LogP contribution in [0, 0.1) is 6.92 Å². The first-order valence-electron chi connectivity index (χ1n) is 9.91. The molecule has 2 saturated heterocycles. The van der Waals surface area contributed by atoms with E-state index in [-0.39, 0.29) is 13.5 Å². The fourth-order valence-corrected chi connectivity index (χ4v) is 6.01. The van der Waals surface area contributed by atoms with E-state index in [2.05, 4.69) is 44.0 Å². The van der Waals surface area contributed by atoms with Gasteiger partial charge in [-0.25, -0.2) is 4.79 Å². The Bertz CT molecular complexity index is 820. The van der Waals surface area contributed by atoms with E-state index >= 15 is 0 Å².